The van der Waals surface area contributed by atoms with Crippen molar-refractivity contribution in [3.05, 3.63) is 63.2 Å². The van der Waals surface area contributed by atoms with E-state index in [0.717, 1.165) is 65.6 Å². The Morgan fingerprint density at radius 3 is 1.90 bits per heavy atom. The normalized spacial score (nSPS) is 14.1. The summed E-state index contributed by atoms with van der Waals surface area (Å²) in [5.74, 6) is -0.742. The van der Waals surface area contributed by atoms with Gasteiger partial charge in [0.15, 0.2) is 0 Å². The number of allylic oxidation sites excluding steroid dienone is 1. The molecule has 3 N–H and O–H groups in total. The number of carbonyl (C=O) groups is 3. The lowest BCUT2D eigenvalue weighted by atomic mass is 9.75. The van der Waals surface area contributed by atoms with Gasteiger partial charge in [0.2, 0.25) is 0 Å². The predicted molar refractivity (Wildman–Crippen MR) is 204 cm³/mol. The minimum Gasteiger partial charge on any atom is -0.287 e. The second kappa shape index (κ2) is 19.2. The van der Waals surface area contributed by atoms with E-state index in [0.29, 0.717) is 35.2 Å². The SMILES string of the molecule is C/C=C1/C(=O)N(NCCCCCCCC)C(=O)c2ccc(-c3c(C(C)(C)C)cc(C(=O)NNCCCCCCCC)c(CC)c3C)c(C)c21. The molecule has 0 spiro atoms. The molecule has 7 heteroatoms. The van der Waals surface area contributed by atoms with Gasteiger partial charge in [-0.15, -0.1) is 0 Å². The molecular formula is C42H64N4O3. The molecule has 270 valence electrons. The van der Waals surface area contributed by atoms with Crippen molar-refractivity contribution in [2.75, 3.05) is 13.1 Å². The summed E-state index contributed by atoms with van der Waals surface area (Å²) in [6, 6.07) is 5.96. The predicted octanol–water partition coefficient (Wildman–Crippen LogP) is 9.68. The van der Waals surface area contributed by atoms with Crippen molar-refractivity contribution in [1.29, 1.82) is 0 Å². The van der Waals surface area contributed by atoms with E-state index >= 15 is 0 Å². The van der Waals surface area contributed by atoms with Crippen LogP contribution in [0, 0.1) is 13.8 Å². The maximum atomic E-state index is 13.8. The Hall–Kier alpha value is -3.29. The van der Waals surface area contributed by atoms with Gasteiger partial charge in [-0.2, -0.15) is 0 Å². The molecule has 0 bridgehead atoms. The first-order valence-electron chi connectivity index (χ1n) is 19.1. The van der Waals surface area contributed by atoms with Gasteiger partial charge in [-0.1, -0.05) is 118 Å². The van der Waals surface area contributed by atoms with E-state index in [4.69, 9.17) is 0 Å². The molecule has 0 unspecified atom stereocenters. The van der Waals surface area contributed by atoms with Crippen molar-refractivity contribution in [1.82, 2.24) is 21.3 Å². The number of amides is 3. The summed E-state index contributed by atoms with van der Waals surface area (Å²) in [6.07, 6.45) is 16.5. The first kappa shape index (κ1) is 40.1. The zero-order chi connectivity index (χ0) is 36.1. The highest BCUT2D eigenvalue weighted by Crippen LogP contribution is 2.43. The van der Waals surface area contributed by atoms with Crippen LogP contribution in [-0.2, 0) is 16.6 Å². The molecule has 1 heterocycles. The largest absolute Gasteiger partial charge is 0.287 e. The molecule has 1 aliphatic rings. The highest BCUT2D eigenvalue weighted by atomic mass is 16.2. The van der Waals surface area contributed by atoms with Crippen LogP contribution < -0.4 is 16.3 Å². The van der Waals surface area contributed by atoms with Crippen molar-refractivity contribution >= 4 is 23.3 Å². The fourth-order valence-corrected chi connectivity index (χ4v) is 7.11. The number of imide groups is 1. The molecule has 0 aromatic heterocycles. The van der Waals surface area contributed by atoms with E-state index < -0.39 is 0 Å². The van der Waals surface area contributed by atoms with Gasteiger partial charge < -0.3 is 0 Å². The first-order valence-corrected chi connectivity index (χ1v) is 19.1. The lowest BCUT2D eigenvalue weighted by Gasteiger charge is -2.32. The summed E-state index contributed by atoms with van der Waals surface area (Å²) in [5.41, 5.74) is 17.5. The number of nitrogens with one attached hydrogen (secondary N) is 3. The molecule has 0 atom stereocenters. The van der Waals surface area contributed by atoms with Crippen LogP contribution in [0.2, 0.25) is 0 Å². The van der Waals surface area contributed by atoms with Crippen molar-refractivity contribution in [3.63, 3.8) is 0 Å². The monoisotopic (exact) mass is 672 g/mol. The number of carbonyl (C=O) groups excluding carboxylic acids is 3. The minimum absolute atomic E-state index is 0.119. The molecule has 3 rings (SSSR count). The maximum absolute atomic E-state index is 13.8. The van der Waals surface area contributed by atoms with Gasteiger partial charge >= 0.3 is 0 Å². The Kier molecular flexibility index (Phi) is 15.7. The van der Waals surface area contributed by atoms with Crippen LogP contribution >= 0.6 is 0 Å². The molecule has 1 aliphatic heterocycles. The quantitative estimate of drug-likeness (QED) is 0.0598. The number of nitrogens with zero attached hydrogens (tertiary/aromatic N) is 1. The average molecular weight is 673 g/mol. The van der Waals surface area contributed by atoms with Gasteiger partial charge in [0.25, 0.3) is 17.7 Å². The number of rotatable bonds is 19. The van der Waals surface area contributed by atoms with E-state index in [1.807, 2.05) is 32.1 Å². The summed E-state index contributed by atoms with van der Waals surface area (Å²) < 4.78 is 0. The molecule has 0 radical (unpaired) electrons. The van der Waals surface area contributed by atoms with Gasteiger partial charge in [-0.3, -0.25) is 19.8 Å². The third-order valence-corrected chi connectivity index (χ3v) is 9.93. The molecular weight excluding hydrogens is 608 g/mol. The molecule has 0 saturated heterocycles. The van der Waals surface area contributed by atoms with Crippen molar-refractivity contribution in [2.45, 2.75) is 151 Å². The Balaban J connectivity index is 1.95. The average Bonchev–Trinajstić information content (AvgIpc) is 3.06. The third kappa shape index (κ3) is 9.91. The van der Waals surface area contributed by atoms with Crippen LogP contribution in [0.5, 0.6) is 0 Å². The fraction of sp³-hybridized carbons (Fsp3) is 0.595. The summed E-state index contributed by atoms with van der Waals surface area (Å²) in [4.78, 5) is 41.1. The lowest BCUT2D eigenvalue weighted by molar-refractivity contribution is -0.125. The molecule has 2 aromatic carbocycles. The number of hydrogen-bond donors (Lipinski definition) is 3. The van der Waals surface area contributed by atoms with Crippen molar-refractivity contribution < 1.29 is 14.4 Å². The van der Waals surface area contributed by atoms with E-state index in [2.05, 4.69) is 70.8 Å². The van der Waals surface area contributed by atoms with E-state index in [1.54, 1.807) is 0 Å². The second-order valence-corrected chi connectivity index (χ2v) is 14.7. The van der Waals surface area contributed by atoms with Crippen LogP contribution in [-0.4, -0.2) is 35.8 Å². The number of fused-ring (bicyclic) bond motifs is 1. The summed E-state index contributed by atoms with van der Waals surface area (Å²) in [7, 11) is 0. The van der Waals surface area contributed by atoms with E-state index in [1.165, 1.54) is 56.4 Å². The number of hydrazine groups is 2. The standard InChI is InChI=1S/C42H64N4O3/c1-10-14-16-18-20-22-26-43-45-39(47)35-28-36(42(7,8)9)38(29(5)31(35)12-3)33-24-25-34-37(30(33)6)32(13-4)40(48)46(41(34)49)44-27-23-21-19-17-15-11-2/h13,24-25,28,43-44H,10-12,14-23,26-27H2,1-9H3,(H,45,47)/b32-13+. The molecule has 3 amide bonds. The van der Waals surface area contributed by atoms with Crippen molar-refractivity contribution in [2.24, 2.45) is 0 Å². The number of benzene rings is 2. The van der Waals surface area contributed by atoms with Crippen LogP contribution in [0.1, 0.15) is 174 Å². The Bertz CT molecular complexity index is 1480. The molecule has 0 fully saturated rings. The second-order valence-electron chi connectivity index (χ2n) is 14.7. The zero-order valence-corrected chi connectivity index (χ0v) is 32.1. The van der Waals surface area contributed by atoms with Crippen LogP contribution in [0.4, 0.5) is 0 Å². The Labute approximate surface area is 297 Å². The maximum Gasteiger partial charge on any atom is 0.275 e. The van der Waals surface area contributed by atoms with Crippen LogP contribution in [0.15, 0.2) is 24.3 Å². The number of hydrogen-bond acceptors (Lipinski definition) is 5. The molecule has 0 aliphatic carbocycles. The minimum atomic E-state index is -0.311. The summed E-state index contributed by atoms with van der Waals surface area (Å²) >= 11 is 0. The van der Waals surface area contributed by atoms with Gasteiger partial charge in [0.1, 0.15) is 0 Å². The van der Waals surface area contributed by atoms with Crippen molar-refractivity contribution in [3.8, 4) is 11.1 Å². The van der Waals surface area contributed by atoms with Gasteiger partial charge in [-0.05, 0) is 91.0 Å². The summed E-state index contributed by atoms with van der Waals surface area (Å²) in [5, 5.41) is 1.21. The topological polar surface area (TPSA) is 90.5 Å². The smallest absolute Gasteiger partial charge is 0.275 e. The molecule has 49 heavy (non-hydrogen) atoms. The van der Waals surface area contributed by atoms with E-state index in [-0.39, 0.29) is 23.1 Å². The van der Waals surface area contributed by atoms with Gasteiger partial charge in [0.05, 0.1) is 0 Å². The zero-order valence-electron chi connectivity index (χ0n) is 32.1. The van der Waals surface area contributed by atoms with Gasteiger partial charge in [0, 0.05) is 35.4 Å². The lowest BCUT2D eigenvalue weighted by Crippen LogP contribution is -2.50. The van der Waals surface area contributed by atoms with Gasteiger partial charge in [-0.25, -0.2) is 15.9 Å². The van der Waals surface area contributed by atoms with Crippen LogP contribution in [0.25, 0.3) is 16.7 Å². The molecule has 2 aromatic rings. The molecule has 7 nitrogen and oxygen atoms in total. The Morgan fingerprint density at radius 2 is 1.33 bits per heavy atom. The van der Waals surface area contributed by atoms with E-state index in [9.17, 15) is 14.4 Å². The Morgan fingerprint density at radius 1 is 0.755 bits per heavy atom. The first-order chi connectivity index (χ1) is 23.4. The highest BCUT2D eigenvalue weighted by Gasteiger charge is 2.37. The third-order valence-electron chi connectivity index (χ3n) is 9.93. The number of unbranched alkanes of at least 4 members (excludes halogenated alkanes) is 10. The molecule has 0 saturated carbocycles. The summed E-state index contributed by atoms with van der Waals surface area (Å²) in [6.45, 7) is 20.3. The van der Waals surface area contributed by atoms with Crippen LogP contribution in [0.3, 0.4) is 0 Å². The fourth-order valence-electron chi connectivity index (χ4n) is 7.11. The highest BCUT2D eigenvalue weighted by molar-refractivity contribution is 6.31.